The van der Waals surface area contributed by atoms with Gasteiger partial charge in [-0.3, -0.25) is 0 Å². The molecule has 0 aromatic heterocycles. The number of benzene rings is 2. The molecule has 0 N–H and O–H groups in total. The van der Waals surface area contributed by atoms with Crippen molar-refractivity contribution in [3.63, 3.8) is 0 Å². The molecule has 1 nitrogen and oxygen atoms in total. The third-order valence-corrected chi connectivity index (χ3v) is 4.12. The van der Waals surface area contributed by atoms with Gasteiger partial charge in [0.2, 0.25) is 0 Å². The van der Waals surface area contributed by atoms with Crippen LogP contribution < -0.4 is 0 Å². The zero-order chi connectivity index (χ0) is 13.8. The summed E-state index contributed by atoms with van der Waals surface area (Å²) in [6.07, 6.45) is 0. The summed E-state index contributed by atoms with van der Waals surface area (Å²) in [5.74, 6) is 0.306. The molecular formula is C16H14FNS. The van der Waals surface area contributed by atoms with Gasteiger partial charge in [0.05, 0.1) is 11.6 Å². The summed E-state index contributed by atoms with van der Waals surface area (Å²) in [5, 5.41) is 9.02. The lowest BCUT2D eigenvalue weighted by Crippen LogP contribution is -1.90. The second kappa shape index (κ2) is 5.90. The largest absolute Gasteiger partial charge is 0.207 e. The van der Waals surface area contributed by atoms with Crippen LogP contribution in [0.2, 0.25) is 0 Å². The van der Waals surface area contributed by atoms with Gasteiger partial charge in [0, 0.05) is 10.6 Å². The third kappa shape index (κ3) is 3.36. The van der Waals surface area contributed by atoms with Crippen LogP contribution in [0.4, 0.5) is 4.39 Å². The first kappa shape index (κ1) is 13.6. The van der Waals surface area contributed by atoms with E-state index in [0.717, 1.165) is 5.56 Å². The zero-order valence-electron chi connectivity index (χ0n) is 10.9. The van der Waals surface area contributed by atoms with Crippen LogP contribution in [0.5, 0.6) is 0 Å². The Kier molecular flexibility index (Phi) is 4.24. The summed E-state index contributed by atoms with van der Waals surface area (Å²) in [7, 11) is 0. The lowest BCUT2D eigenvalue weighted by molar-refractivity contribution is 0.626. The van der Waals surface area contributed by atoms with Gasteiger partial charge in [-0.2, -0.15) is 5.26 Å². The van der Waals surface area contributed by atoms with E-state index < -0.39 is 0 Å². The van der Waals surface area contributed by atoms with Crippen molar-refractivity contribution < 1.29 is 4.39 Å². The molecule has 0 amide bonds. The van der Waals surface area contributed by atoms with Crippen molar-refractivity contribution >= 4 is 11.8 Å². The highest BCUT2D eigenvalue weighted by atomic mass is 32.2. The van der Waals surface area contributed by atoms with E-state index in [4.69, 9.17) is 5.26 Å². The molecule has 19 heavy (non-hydrogen) atoms. The standard InChI is InChI=1S/C16H14FNS/c1-11-3-4-12(2)16(7-11)19-10-14-8-15(17)6-5-13(14)9-18/h3-8H,10H2,1-2H3. The maximum atomic E-state index is 13.2. The van der Waals surface area contributed by atoms with Crippen molar-refractivity contribution in [3.05, 3.63) is 64.5 Å². The molecule has 0 bridgehead atoms. The zero-order valence-corrected chi connectivity index (χ0v) is 11.7. The van der Waals surface area contributed by atoms with Crippen LogP contribution in [-0.4, -0.2) is 0 Å². The van der Waals surface area contributed by atoms with Crippen LogP contribution in [0.15, 0.2) is 41.3 Å². The van der Waals surface area contributed by atoms with Crippen LogP contribution >= 0.6 is 11.8 Å². The Balaban J connectivity index is 2.21. The van der Waals surface area contributed by atoms with E-state index >= 15 is 0 Å². The molecule has 0 heterocycles. The van der Waals surface area contributed by atoms with E-state index in [0.29, 0.717) is 11.3 Å². The van der Waals surface area contributed by atoms with Gasteiger partial charge in [0.15, 0.2) is 0 Å². The molecule has 3 heteroatoms. The first-order chi connectivity index (χ1) is 9.10. The number of nitrogens with zero attached hydrogens (tertiary/aromatic N) is 1. The Bertz CT molecular complexity index is 644. The number of hydrogen-bond donors (Lipinski definition) is 0. The minimum absolute atomic E-state index is 0.296. The van der Waals surface area contributed by atoms with Crippen molar-refractivity contribution in [1.82, 2.24) is 0 Å². The predicted octanol–water partition coefficient (Wildman–Crippen LogP) is 4.61. The Hall–Kier alpha value is -1.79. The van der Waals surface area contributed by atoms with E-state index in [1.165, 1.54) is 34.2 Å². The van der Waals surface area contributed by atoms with Gasteiger partial charge < -0.3 is 0 Å². The fraction of sp³-hybridized carbons (Fsp3) is 0.188. The minimum atomic E-state index is -0.296. The Morgan fingerprint density at radius 2 is 1.95 bits per heavy atom. The molecule has 2 rings (SSSR count). The summed E-state index contributed by atoms with van der Waals surface area (Å²) in [6.45, 7) is 4.10. The van der Waals surface area contributed by atoms with Crippen molar-refractivity contribution in [2.24, 2.45) is 0 Å². The van der Waals surface area contributed by atoms with Crippen LogP contribution in [0.1, 0.15) is 22.3 Å². The Morgan fingerprint density at radius 1 is 1.16 bits per heavy atom. The summed E-state index contributed by atoms with van der Waals surface area (Å²) in [6, 6.07) is 12.7. The smallest absolute Gasteiger partial charge is 0.123 e. The monoisotopic (exact) mass is 271 g/mol. The van der Waals surface area contributed by atoms with Gasteiger partial charge in [-0.25, -0.2) is 4.39 Å². The van der Waals surface area contributed by atoms with E-state index in [-0.39, 0.29) is 5.82 Å². The summed E-state index contributed by atoms with van der Waals surface area (Å²) >= 11 is 1.63. The summed E-state index contributed by atoms with van der Waals surface area (Å²) in [4.78, 5) is 1.17. The van der Waals surface area contributed by atoms with E-state index in [2.05, 4.69) is 31.2 Å². The lowest BCUT2D eigenvalue weighted by atomic mass is 10.1. The van der Waals surface area contributed by atoms with Gasteiger partial charge >= 0.3 is 0 Å². The summed E-state index contributed by atoms with van der Waals surface area (Å²) < 4.78 is 13.2. The second-order valence-corrected chi connectivity index (χ2v) is 5.49. The van der Waals surface area contributed by atoms with Crippen molar-refractivity contribution in [3.8, 4) is 6.07 Å². The number of aryl methyl sites for hydroxylation is 2. The quantitative estimate of drug-likeness (QED) is 0.761. The maximum Gasteiger partial charge on any atom is 0.123 e. The average Bonchev–Trinajstić information content (AvgIpc) is 2.40. The van der Waals surface area contributed by atoms with Crippen molar-refractivity contribution in [1.29, 1.82) is 5.26 Å². The molecule has 0 aliphatic rings. The fourth-order valence-electron chi connectivity index (χ4n) is 1.81. The van der Waals surface area contributed by atoms with E-state index in [1.54, 1.807) is 11.8 Å². The first-order valence-corrected chi connectivity index (χ1v) is 6.97. The van der Waals surface area contributed by atoms with Gasteiger partial charge in [-0.05, 0) is 49.2 Å². The molecule has 2 aromatic rings. The highest BCUT2D eigenvalue weighted by Crippen LogP contribution is 2.28. The van der Waals surface area contributed by atoms with Gasteiger partial charge in [0.25, 0.3) is 0 Å². The molecule has 0 aliphatic heterocycles. The Morgan fingerprint density at radius 3 is 2.68 bits per heavy atom. The van der Waals surface area contributed by atoms with Gasteiger partial charge in [-0.1, -0.05) is 17.7 Å². The molecular weight excluding hydrogens is 257 g/mol. The van der Waals surface area contributed by atoms with Crippen LogP contribution in [0.3, 0.4) is 0 Å². The number of thioether (sulfide) groups is 1. The molecule has 0 spiro atoms. The molecule has 0 saturated carbocycles. The predicted molar refractivity (Wildman–Crippen MR) is 76.6 cm³/mol. The van der Waals surface area contributed by atoms with E-state index in [1.807, 2.05) is 6.92 Å². The molecule has 96 valence electrons. The molecule has 0 atom stereocenters. The van der Waals surface area contributed by atoms with Crippen molar-refractivity contribution in [2.45, 2.75) is 24.5 Å². The van der Waals surface area contributed by atoms with E-state index in [9.17, 15) is 4.39 Å². The lowest BCUT2D eigenvalue weighted by Gasteiger charge is -2.08. The molecule has 0 radical (unpaired) electrons. The number of nitriles is 1. The van der Waals surface area contributed by atoms with Crippen LogP contribution in [0, 0.1) is 31.0 Å². The summed E-state index contributed by atoms with van der Waals surface area (Å²) in [5.41, 5.74) is 3.69. The third-order valence-electron chi connectivity index (χ3n) is 2.91. The Labute approximate surface area is 117 Å². The highest BCUT2D eigenvalue weighted by molar-refractivity contribution is 7.98. The topological polar surface area (TPSA) is 23.8 Å². The maximum absolute atomic E-state index is 13.2. The van der Waals surface area contributed by atoms with Crippen molar-refractivity contribution in [2.75, 3.05) is 0 Å². The second-order valence-electron chi connectivity index (χ2n) is 4.47. The molecule has 0 unspecified atom stereocenters. The minimum Gasteiger partial charge on any atom is -0.207 e. The number of rotatable bonds is 3. The van der Waals surface area contributed by atoms with Gasteiger partial charge in [0.1, 0.15) is 5.82 Å². The van der Waals surface area contributed by atoms with Gasteiger partial charge in [-0.15, -0.1) is 11.8 Å². The highest BCUT2D eigenvalue weighted by Gasteiger charge is 2.06. The number of halogens is 1. The normalized spacial score (nSPS) is 10.2. The van der Waals surface area contributed by atoms with Crippen LogP contribution in [0.25, 0.3) is 0 Å². The SMILES string of the molecule is Cc1ccc(C)c(SCc2cc(F)ccc2C#N)c1. The van der Waals surface area contributed by atoms with Crippen LogP contribution in [-0.2, 0) is 5.75 Å². The first-order valence-electron chi connectivity index (χ1n) is 5.99. The number of hydrogen-bond acceptors (Lipinski definition) is 2. The fourth-order valence-corrected chi connectivity index (χ4v) is 2.92. The molecule has 0 saturated heterocycles. The molecule has 2 aromatic carbocycles. The average molecular weight is 271 g/mol. The molecule has 0 aliphatic carbocycles. The molecule has 0 fully saturated rings.